The number of phenols is 2. The quantitative estimate of drug-likeness (QED) is 0.141. The zero-order chi connectivity index (χ0) is 24.3. The Labute approximate surface area is 204 Å². The molecule has 192 valence electrons. The van der Waals surface area contributed by atoms with Crippen molar-refractivity contribution in [2.45, 2.75) is 136 Å². The van der Waals surface area contributed by atoms with E-state index in [0.717, 1.165) is 24.8 Å². The van der Waals surface area contributed by atoms with Crippen LogP contribution in [0.15, 0.2) is 0 Å². The van der Waals surface area contributed by atoms with Gasteiger partial charge >= 0.3 is 0 Å². The molecule has 0 aliphatic rings. The largest absolute Gasteiger partial charge is 0.504 e. The third-order valence-electron chi connectivity index (χ3n) is 6.92. The zero-order valence-electron chi connectivity index (χ0n) is 22.1. The number of unbranched alkanes of at least 4 members (excludes halogenated alkanes) is 17. The second-order valence-corrected chi connectivity index (χ2v) is 9.63. The van der Waals surface area contributed by atoms with Crippen LogP contribution in [0.25, 0.3) is 0 Å². The molecular formula is C29H52O4. The van der Waals surface area contributed by atoms with E-state index in [1.165, 1.54) is 117 Å². The number of ether oxygens (including phenoxy) is 2. The molecule has 2 N–H and O–H groups in total. The van der Waals surface area contributed by atoms with Crippen molar-refractivity contribution in [1.29, 1.82) is 0 Å². The molecule has 1 rings (SSSR count). The number of hydrogen-bond donors (Lipinski definition) is 2. The molecule has 4 nitrogen and oxygen atoms in total. The number of phenolic OH excluding ortho intramolecular Hbond substituents is 2. The number of hydrogen-bond acceptors (Lipinski definition) is 4. The molecule has 0 amide bonds. The molecule has 0 saturated heterocycles. The highest BCUT2D eigenvalue weighted by Gasteiger charge is 2.22. The maximum Gasteiger partial charge on any atom is 0.207 e. The van der Waals surface area contributed by atoms with Crippen molar-refractivity contribution in [2.24, 2.45) is 0 Å². The number of methoxy groups -OCH3 is 2. The van der Waals surface area contributed by atoms with Crippen molar-refractivity contribution in [2.75, 3.05) is 14.2 Å². The molecule has 0 spiro atoms. The Hall–Kier alpha value is -1.58. The highest BCUT2D eigenvalue weighted by Crippen LogP contribution is 2.48. The van der Waals surface area contributed by atoms with E-state index in [-0.39, 0.29) is 23.0 Å². The summed E-state index contributed by atoms with van der Waals surface area (Å²) in [6, 6.07) is 0. The summed E-state index contributed by atoms with van der Waals surface area (Å²) in [4.78, 5) is 0. The molecule has 0 radical (unpaired) electrons. The number of benzene rings is 1. The summed E-state index contributed by atoms with van der Waals surface area (Å²) in [6.45, 7) is 4.10. The second-order valence-electron chi connectivity index (χ2n) is 9.63. The molecule has 1 aromatic rings. The topological polar surface area (TPSA) is 58.9 Å². The fourth-order valence-electron chi connectivity index (χ4n) is 4.73. The van der Waals surface area contributed by atoms with E-state index in [2.05, 4.69) is 6.92 Å². The third-order valence-corrected chi connectivity index (χ3v) is 6.92. The van der Waals surface area contributed by atoms with Crippen molar-refractivity contribution in [1.82, 2.24) is 0 Å². The Morgan fingerprint density at radius 1 is 0.515 bits per heavy atom. The summed E-state index contributed by atoms with van der Waals surface area (Å²) in [6.07, 6.45) is 25.1. The lowest BCUT2D eigenvalue weighted by atomic mass is 9.98. The highest BCUT2D eigenvalue weighted by molar-refractivity contribution is 5.65. The van der Waals surface area contributed by atoms with Crippen LogP contribution < -0.4 is 9.47 Å². The normalized spacial score (nSPS) is 11.2. The minimum Gasteiger partial charge on any atom is -0.504 e. The van der Waals surface area contributed by atoms with E-state index in [4.69, 9.17) is 9.47 Å². The van der Waals surface area contributed by atoms with E-state index in [1.54, 1.807) is 0 Å². The Kier molecular flexibility index (Phi) is 16.8. The van der Waals surface area contributed by atoms with E-state index >= 15 is 0 Å². The van der Waals surface area contributed by atoms with Crippen LogP contribution in [0.2, 0.25) is 0 Å². The maximum absolute atomic E-state index is 10.5. The minimum absolute atomic E-state index is 0.0598. The van der Waals surface area contributed by atoms with E-state index in [1.807, 2.05) is 6.92 Å². The van der Waals surface area contributed by atoms with Crippen LogP contribution in [0.5, 0.6) is 23.0 Å². The fourth-order valence-corrected chi connectivity index (χ4v) is 4.73. The van der Waals surface area contributed by atoms with Gasteiger partial charge in [0.1, 0.15) is 0 Å². The van der Waals surface area contributed by atoms with E-state index in [0.29, 0.717) is 5.56 Å². The summed E-state index contributed by atoms with van der Waals surface area (Å²) in [5.41, 5.74) is 1.44. The van der Waals surface area contributed by atoms with Gasteiger partial charge in [0.2, 0.25) is 11.5 Å². The Balaban J connectivity index is 2.02. The molecule has 33 heavy (non-hydrogen) atoms. The van der Waals surface area contributed by atoms with Crippen LogP contribution in [0, 0.1) is 6.92 Å². The average molecular weight is 465 g/mol. The first-order valence-electron chi connectivity index (χ1n) is 13.7. The second kappa shape index (κ2) is 18.8. The molecule has 1 aromatic carbocycles. The maximum atomic E-state index is 10.5. The van der Waals surface area contributed by atoms with Gasteiger partial charge in [0.05, 0.1) is 14.2 Å². The smallest absolute Gasteiger partial charge is 0.207 e. The van der Waals surface area contributed by atoms with Gasteiger partial charge in [-0.2, -0.15) is 0 Å². The molecule has 4 heteroatoms. The first-order chi connectivity index (χ1) is 16.1. The van der Waals surface area contributed by atoms with Crippen molar-refractivity contribution < 1.29 is 19.7 Å². The molecule has 0 aliphatic carbocycles. The molecule has 0 aromatic heterocycles. The van der Waals surface area contributed by atoms with Gasteiger partial charge in [0, 0.05) is 11.1 Å². The van der Waals surface area contributed by atoms with Crippen LogP contribution in [0.1, 0.15) is 134 Å². The zero-order valence-corrected chi connectivity index (χ0v) is 22.1. The van der Waals surface area contributed by atoms with Crippen LogP contribution in [0.4, 0.5) is 0 Å². The fraction of sp³-hybridized carbons (Fsp3) is 0.793. The predicted molar refractivity (Wildman–Crippen MR) is 140 cm³/mol. The molecule has 0 fully saturated rings. The van der Waals surface area contributed by atoms with Crippen LogP contribution in [-0.2, 0) is 6.42 Å². The summed E-state index contributed by atoms with van der Waals surface area (Å²) >= 11 is 0. The Morgan fingerprint density at radius 2 is 0.848 bits per heavy atom. The van der Waals surface area contributed by atoms with Crippen LogP contribution in [-0.4, -0.2) is 24.4 Å². The highest BCUT2D eigenvalue weighted by atomic mass is 16.5. The minimum atomic E-state index is 0.0598. The monoisotopic (exact) mass is 464 g/mol. The van der Waals surface area contributed by atoms with Gasteiger partial charge in [-0.15, -0.1) is 0 Å². The summed E-state index contributed by atoms with van der Waals surface area (Å²) in [7, 11) is 2.94. The van der Waals surface area contributed by atoms with Gasteiger partial charge in [0.15, 0.2) is 11.5 Å². The van der Waals surface area contributed by atoms with Gasteiger partial charge < -0.3 is 19.7 Å². The lowest BCUT2D eigenvalue weighted by Gasteiger charge is -2.17. The van der Waals surface area contributed by atoms with E-state index in [9.17, 15) is 10.2 Å². The standard InChI is InChI=1S/C29H52O4/c1-5-6-7-8-9-10-11-12-13-14-15-16-17-18-19-20-21-22-23-25-24(2)26(30)28(32-3)29(33-4)27(25)31/h30-31H,5-23H2,1-4H3. The lowest BCUT2D eigenvalue weighted by molar-refractivity contribution is 0.313. The van der Waals surface area contributed by atoms with Crippen LogP contribution in [0.3, 0.4) is 0 Å². The van der Waals surface area contributed by atoms with Crippen molar-refractivity contribution in [3.05, 3.63) is 11.1 Å². The third kappa shape index (κ3) is 11.4. The van der Waals surface area contributed by atoms with E-state index < -0.39 is 0 Å². The van der Waals surface area contributed by atoms with Gasteiger partial charge in [-0.05, 0) is 19.8 Å². The molecular weight excluding hydrogens is 412 g/mol. The first kappa shape index (κ1) is 29.5. The van der Waals surface area contributed by atoms with Crippen LogP contribution >= 0.6 is 0 Å². The molecule has 0 bridgehead atoms. The van der Waals surface area contributed by atoms with Gasteiger partial charge in [-0.1, -0.05) is 116 Å². The molecule has 0 saturated carbocycles. The Morgan fingerprint density at radius 3 is 1.21 bits per heavy atom. The molecule has 0 aliphatic heterocycles. The molecule has 0 atom stereocenters. The first-order valence-corrected chi connectivity index (χ1v) is 13.7. The van der Waals surface area contributed by atoms with Gasteiger partial charge in [0.25, 0.3) is 0 Å². The number of aromatic hydroxyl groups is 2. The van der Waals surface area contributed by atoms with Gasteiger partial charge in [-0.3, -0.25) is 0 Å². The SMILES string of the molecule is CCCCCCCCCCCCCCCCCCCCc1c(C)c(O)c(OC)c(OC)c1O. The molecule has 0 heterocycles. The average Bonchev–Trinajstić information content (AvgIpc) is 2.82. The summed E-state index contributed by atoms with van der Waals surface area (Å²) < 4.78 is 10.4. The summed E-state index contributed by atoms with van der Waals surface area (Å²) in [5.74, 6) is 0.577. The molecule has 0 unspecified atom stereocenters. The Bertz CT molecular complexity index is 627. The van der Waals surface area contributed by atoms with Crippen molar-refractivity contribution in [3.8, 4) is 23.0 Å². The summed E-state index contributed by atoms with van der Waals surface area (Å²) in [5, 5.41) is 20.9. The lowest BCUT2D eigenvalue weighted by Crippen LogP contribution is -1.99. The number of rotatable bonds is 21. The predicted octanol–water partition coefficient (Wildman–Crippen LogP) is 9.01. The van der Waals surface area contributed by atoms with Gasteiger partial charge in [-0.25, -0.2) is 0 Å². The van der Waals surface area contributed by atoms with Crippen molar-refractivity contribution in [3.63, 3.8) is 0 Å². The van der Waals surface area contributed by atoms with Crippen molar-refractivity contribution >= 4 is 0 Å².